The standard InChI is InChI=1S/C16H25ClN2O/c1-15(2,3)18-10-12-6-5-7-13(17)14(12)19-9-8-16(4,20)11-19/h5-7,18,20H,8-11H2,1-4H3. The molecule has 1 atom stereocenters. The van der Waals surface area contributed by atoms with E-state index < -0.39 is 5.60 Å². The maximum atomic E-state index is 10.2. The third kappa shape index (κ3) is 3.87. The molecule has 20 heavy (non-hydrogen) atoms. The van der Waals surface area contributed by atoms with Gasteiger partial charge in [0.05, 0.1) is 16.3 Å². The summed E-state index contributed by atoms with van der Waals surface area (Å²) in [7, 11) is 0. The van der Waals surface area contributed by atoms with Gasteiger partial charge in [-0.05, 0) is 45.7 Å². The summed E-state index contributed by atoms with van der Waals surface area (Å²) in [5, 5.41) is 14.4. The fourth-order valence-corrected chi connectivity index (χ4v) is 2.87. The third-order valence-electron chi connectivity index (χ3n) is 3.65. The molecule has 1 unspecified atom stereocenters. The SMILES string of the molecule is CC1(O)CCN(c2c(Cl)cccc2CNC(C)(C)C)C1. The molecule has 0 aliphatic carbocycles. The minimum absolute atomic E-state index is 0.0656. The first-order valence-corrected chi connectivity index (χ1v) is 7.55. The molecule has 0 saturated carbocycles. The van der Waals surface area contributed by atoms with Crippen molar-refractivity contribution in [2.75, 3.05) is 18.0 Å². The fraction of sp³-hybridized carbons (Fsp3) is 0.625. The minimum Gasteiger partial charge on any atom is -0.388 e. The van der Waals surface area contributed by atoms with Gasteiger partial charge in [-0.15, -0.1) is 0 Å². The molecule has 0 spiro atoms. The predicted octanol–water partition coefficient (Wildman–Crippen LogP) is 3.19. The van der Waals surface area contributed by atoms with Crippen LogP contribution in [0.4, 0.5) is 5.69 Å². The van der Waals surface area contributed by atoms with E-state index >= 15 is 0 Å². The number of hydrogen-bond acceptors (Lipinski definition) is 3. The van der Waals surface area contributed by atoms with E-state index in [0.29, 0.717) is 6.54 Å². The Labute approximate surface area is 126 Å². The largest absolute Gasteiger partial charge is 0.388 e. The lowest BCUT2D eigenvalue weighted by Crippen LogP contribution is -2.36. The van der Waals surface area contributed by atoms with Gasteiger partial charge >= 0.3 is 0 Å². The van der Waals surface area contributed by atoms with Gasteiger partial charge in [0.15, 0.2) is 0 Å². The van der Waals surface area contributed by atoms with Crippen LogP contribution in [-0.4, -0.2) is 29.3 Å². The molecule has 2 rings (SSSR count). The summed E-state index contributed by atoms with van der Waals surface area (Å²) in [5.74, 6) is 0. The second-order valence-corrected chi connectivity index (χ2v) is 7.43. The Balaban J connectivity index is 2.23. The van der Waals surface area contributed by atoms with E-state index in [4.69, 9.17) is 11.6 Å². The van der Waals surface area contributed by atoms with Gasteiger partial charge in [0.1, 0.15) is 0 Å². The number of nitrogens with zero attached hydrogens (tertiary/aromatic N) is 1. The molecular weight excluding hydrogens is 272 g/mol. The molecule has 1 aliphatic rings. The maximum absolute atomic E-state index is 10.2. The lowest BCUT2D eigenvalue weighted by Gasteiger charge is -2.27. The van der Waals surface area contributed by atoms with Crippen LogP contribution >= 0.6 is 11.6 Å². The summed E-state index contributed by atoms with van der Waals surface area (Å²) >= 11 is 6.40. The Hall–Kier alpha value is -0.770. The number of anilines is 1. The van der Waals surface area contributed by atoms with E-state index in [1.807, 2.05) is 19.1 Å². The van der Waals surface area contributed by atoms with Crippen molar-refractivity contribution in [2.24, 2.45) is 0 Å². The van der Waals surface area contributed by atoms with Crippen LogP contribution < -0.4 is 10.2 Å². The maximum Gasteiger partial charge on any atom is 0.0810 e. The normalized spacial score (nSPS) is 23.4. The van der Waals surface area contributed by atoms with Crippen LogP contribution in [0.2, 0.25) is 5.02 Å². The molecular formula is C16H25ClN2O. The topological polar surface area (TPSA) is 35.5 Å². The number of benzene rings is 1. The van der Waals surface area contributed by atoms with Gasteiger partial charge in [-0.3, -0.25) is 0 Å². The molecule has 4 heteroatoms. The molecule has 0 aromatic heterocycles. The van der Waals surface area contributed by atoms with Crippen molar-refractivity contribution >= 4 is 17.3 Å². The predicted molar refractivity (Wildman–Crippen MR) is 85.5 cm³/mol. The number of nitrogens with one attached hydrogen (secondary N) is 1. The van der Waals surface area contributed by atoms with Crippen molar-refractivity contribution in [3.05, 3.63) is 28.8 Å². The molecule has 0 bridgehead atoms. The number of rotatable bonds is 3. The van der Waals surface area contributed by atoms with Crippen LogP contribution in [-0.2, 0) is 6.54 Å². The lowest BCUT2D eigenvalue weighted by molar-refractivity contribution is 0.0839. The zero-order chi connectivity index (χ0) is 15.0. The first-order valence-electron chi connectivity index (χ1n) is 7.18. The average molecular weight is 297 g/mol. The number of para-hydroxylation sites is 1. The van der Waals surface area contributed by atoms with Crippen molar-refractivity contribution in [3.63, 3.8) is 0 Å². The zero-order valence-corrected chi connectivity index (χ0v) is 13.6. The van der Waals surface area contributed by atoms with Gasteiger partial charge in [0.25, 0.3) is 0 Å². The van der Waals surface area contributed by atoms with Crippen LogP contribution in [0.5, 0.6) is 0 Å². The van der Waals surface area contributed by atoms with E-state index in [1.54, 1.807) is 0 Å². The van der Waals surface area contributed by atoms with Crippen LogP contribution in [0.25, 0.3) is 0 Å². The zero-order valence-electron chi connectivity index (χ0n) is 12.8. The molecule has 112 valence electrons. The van der Waals surface area contributed by atoms with E-state index in [0.717, 1.165) is 30.2 Å². The summed E-state index contributed by atoms with van der Waals surface area (Å²) < 4.78 is 0. The van der Waals surface area contributed by atoms with Gasteiger partial charge < -0.3 is 15.3 Å². The molecule has 0 amide bonds. The molecule has 3 nitrogen and oxygen atoms in total. The summed E-state index contributed by atoms with van der Waals surface area (Å²) in [5.41, 5.74) is 1.69. The van der Waals surface area contributed by atoms with Crippen LogP contribution in [0.1, 0.15) is 39.7 Å². The molecule has 1 saturated heterocycles. The Bertz CT molecular complexity index is 480. The molecule has 1 fully saturated rings. The van der Waals surface area contributed by atoms with Crippen molar-refractivity contribution in [2.45, 2.75) is 51.8 Å². The Morgan fingerprint density at radius 3 is 2.65 bits per heavy atom. The van der Waals surface area contributed by atoms with Crippen molar-refractivity contribution in [1.82, 2.24) is 5.32 Å². The van der Waals surface area contributed by atoms with Crippen LogP contribution in [0.15, 0.2) is 18.2 Å². The van der Waals surface area contributed by atoms with Gasteiger partial charge in [-0.2, -0.15) is 0 Å². The second kappa shape index (κ2) is 5.55. The monoisotopic (exact) mass is 296 g/mol. The Morgan fingerprint density at radius 2 is 2.10 bits per heavy atom. The van der Waals surface area contributed by atoms with Crippen molar-refractivity contribution < 1.29 is 5.11 Å². The molecule has 1 heterocycles. The van der Waals surface area contributed by atoms with E-state index in [1.165, 1.54) is 5.56 Å². The van der Waals surface area contributed by atoms with Gasteiger partial charge in [0, 0.05) is 25.2 Å². The highest BCUT2D eigenvalue weighted by Gasteiger charge is 2.33. The summed E-state index contributed by atoms with van der Waals surface area (Å²) in [6.45, 7) is 10.6. The quantitative estimate of drug-likeness (QED) is 0.899. The molecule has 2 N–H and O–H groups in total. The minimum atomic E-state index is -0.617. The fourth-order valence-electron chi connectivity index (χ4n) is 2.55. The molecule has 1 aromatic rings. The van der Waals surface area contributed by atoms with Crippen LogP contribution in [0, 0.1) is 0 Å². The lowest BCUT2D eigenvalue weighted by atomic mass is 10.1. The van der Waals surface area contributed by atoms with E-state index in [2.05, 4.69) is 37.1 Å². The highest BCUT2D eigenvalue weighted by atomic mass is 35.5. The van der Waals surface area contributed by atoms with Gasteiger partial charge in [-0.1, -0.05) is 23.7 Å². The van der Waals surface area contributed by atoms with Crippen molar-refractivity contribution in [3.8, 4) is 0 Å². The molecule has 1 aliphatic heterocycles. The number of aliphatic hydroxyl groups is 1. The average Bonchev–Trinajstić information content (AvgIpc) is 2.65. The first-order chi connectivity index (χ1) is 9.18. The highest BCUT2D eigenvalue weighted by Crippen LogP contribution is 2.35. The van der Waals surface area contributed by atoms with Gasteiger partial charge in [0.2, 0.25) is 0 Å². The summed E-state index contributed by atoms with van der Waals surface area (Å²) in [6.07, 6.45) is 0.782. The van der Waals surface area contributed by atoms with Gasteiger partial charge in [-0.25, -0.2) is 0 Å². The van der Waals surface area contributed by atoms with E-state index in [9.17, 15) is 5.11 Å². The van der Waals surface area contributed by atoms with Crippen LogP contribution in [0.3, 0.4) is 0 Å². The number of halogens is 1. The highest BCUT2D eigenvalue weighted by molar-refractivity contribution is 6.33. The Morgan fingerprint density at radius 1 is 1.40 bits per heavy atom. The van der Waals surface area contributed by atoms with E-state index in [-0.39, 0.29) is 5.54 Å². The second-order valence-electron chi connectivity index (χ2n) is 7.02. The smallest absolute Gasteiger partial charge is 0.0810 e. The number of β-amino-alcohol motifs (C(OH)–C–C–N with tert-alkyl or cyclic N) is 1. The summed E-state index contributed by atoms with van der Waals surface area (Å²) in [4.78, 5) is 2.20. The number of hydrogen-bond donors (Lipinski definition) is 2. The Kier molecular flexibility index (Phi) is 4.33. The molecule has 0 radical (unpaired) electrons. The third-order valence-corrected chi connectivity index (χ3v) is 3.95. The van der Waals surface area contributed by atoms with Crippen molar-refractivity contribution in [1.29, 1.82) is 0 Å². The first kappa shape index (κ1) is 15.6. The molecule has 1 aromatic carbocycles. The summed E-state index contributed by atoms with van der Waals surface area (Å²) in [6, 6.07) is 6.01.